The molecular weight excluding hydrogens is 278 g/mol. The molecular formula is C14H22NO6+. The van der Waals surface area contributed by atoms with Crippen LogP contribution in [-0.4, -0.2) is 67.7 Å². The Balaban J connectivity index is 1.79. The van der Waals surface area contributed by atoms with Gasteiger partial charge < -0.3 is 34.4 Å². The lowest BCUT2D eigenvalue weighted by atomic mass is 10.3. The third-order valence-corrected chi connectivity index (χ3v) is 3.24. The van der Waals surface area contributed by atoms with Crippen LogP contribution < -0.4 is 19.1 Å². The van der Waals surface area contributed by atoms with E-state index < -0.39 is 6.10 Å². The molecule has 0 unspecified atom stereocenters. The molecule has 0 amide bonds. The fraction of sp³-hybridized carbons (Fsp3) is 0.571. The van der Waals surface area contributed by atoms with Crippen LogP contribution in [0.3, 0.4) is 0 Å². The fourth-order valence-electron chi connectivity index (χ4n) is 2.20. The van der Waals surface area contributed by atoms with Crippen LogP contribution >= 0.6 is 0 Å². The molecule has 1 aliphatic rings. The van der Waals surface area contributed by atoms with E-state index in [-0.39, 0.29) is 26.6 Å². The molecule has 0 radical (unpaired) electrons. The van der Waals surface area contributed by atoms with Crippen molar-refractivity contribution < 1.29 is 34.4 Å². The molecule has 1 atom stereocenters. The van der Waals surface area contributed by atoms with E-state index in [4.69, 9.17) is 24.4 Å². The minimum Gasteiger partial charge on any atom is -0.491 e. The highest BCUT2D eigenvalue weighted by molar-refractivity contribution is 5.46. The molecule has 1 heterocycles. The zero-order valence-corrected chi connectivity index (χ0v) is 11.8. The third-order valence-electron chi connectivity index (χ3n) is 3.24. The summed E-state index contributed by atoms with van der Waals surface area (Å²) in [5.74, 6) is 1.92. The number of nitrogens with one attached hydrogen (secondary N) is 1. The third kappa shape index (κ3) is 4.75. The van der Waals surface area contributed by atoms with Crippen molar-refractivity contribution in [2.24, 2.45) is 0 Å². The minimum absolute atomic E-state index is 0.0189. The Bertz CT molecular complexity index is 435. The minimum atomic E-state index is -0.677. The van der Waals surface area contributed by atoms with Gasteiger partial charge in [0.15, 0.2) is 11.5 Å². The second kappa shape index (κ2) is 8.04. The van der Waals surface area contributed by atoms with E-state index in [0.29, 0.717) is 36.9 Å². The van der Waals surface area contributed by atoms with E-state index >= 15 is 0 Å². The van der Waals surface area contributed by atoms with Gasteiger partial charge in [-0.15, -0.1) is 0 Å². The van der Waals surface area contributed by atoms with Crippen LogP contribution in [0.5, 0.6) is 17.2 Å². The summed E-state index contributed by atoms with van der Waals surface area (Å²) >= 11 is 0. The second-order valence-electron chi connectivity index (χ2n) is 4.88. The second-order valence-corrected chi connectivity index (χ2v) is 4.88. The summed E-state index contributed by atoms with van der Waals surface area (Å²) in [5.41, 5.74) is 0. The Labute approximate surface area is 123 Å². The summed E-state index contributed by atoms with van der Waals surface area (Å²) < 4.78 is 16.0. The molecule has 118 valence electrons. The molecule has 0 saturated heterocycles. The molecule has 1 aromatic carbocycles. The first-order chi connectivity index (χ1) is 10.2. The van der Waals surface area contributed by atoms with Crippen LogP contribution in [0.1, 0.15) is 0 Å². The molecule has 0 saturated carbocycles. The molecule has 21 heavy (non-hydrogen) atoms. The molecule has 1 aliphatic heterocycles. The van der Waals surface area contributed by atoms with Crippen molar-refractivity contribution in [1.29, 1.82) is 0 Å². The van der Waals surface area contributed by atoms with Crippen LogP contribution in [0.25, 0.3) is 0 Å². The van der Waals surface area contributed by atoms with Crippen molar-refractivity contribution in [3.8, 4) is 17.2 Å². The van der Waals surface area contributed by atoms with Gasteiger partial charge in [-0.2, -0.15) is 0 Å². The average Bonchev–Trinajstić information content (AvgIpc) is 2.93. The number of aliphatic hydroxyl groups is 3. The summed E-state index contributed by atoms with van der Waals surface area (Å²) in [4.78, 5) is 0.932. The number of ether oxygens (including phenoxy) is 3. The number of rotatable bonds is 9. The predicted octanol–water partition coefficient (Wildman–Crippen LogP) is -1.98. The number of aliphatic hydroxyl groups excluding tert-OH is 3. The molecule has 0 aliphatic carbocycles. The van der Waals surface area contributed by atoms with E-state index in [1.54, 1.807) is 18.2 Å². The summed E-state index contributed by atoms with van der Waals surface area (Å²) in [5, 5.41) is 27.8. The van der Waals surface area contributed by atoms with Crippen molar-refractivity contribution in [3.63, 3.8) is 0 Å². The van der Waals surface area contributed by atoms with Crippen LogP contribution in [0.2, 0.25) is 0 Å². The Kier molecular flexibility index (Phi) is 6.06. The zero-order valence-electron chi connectivity index (χ0n) is 11.8. The van der Waals surface area contributed by atoms with Gasteiger partial charge in [-0.25, -0.2) is 0 Å². The standard InChI is InChI=1S/C14H21NO6/c16-5-3-15(4-6-17)8-11(18)9-19-12-1-2-13-14(7-12)21-10-20-13/h1-2,7,11,16-18H,3-6,8-10H2/p+1/t11-/m1/s1. The fourth-order valence-corrected chi connectivity index (χ4v) is 2.20. The lowest BCUT2D eigenvalue weighted by Gasteiger charge is -2.21. The lowest BCUT2D eigenvalue weighted by molar-refractivity contribution is -0.903. The summed E-state index contributed by atoms with van der Waals surface area (Å²) in [6.07, 6.45) is -0.677. The Morgan fingerprint density at radius 1 is 1.14 bits per heavy atom. The largest absolute Gasteiger partial charge is 0.491 e. The SMILES string of the molecule is OCC[NH+](CCO)C[C@@H](O)COc1ccc2c(c1)OCO2. The van der Waals surface area contributed by atoms with Gasteiger partial charge >= 0.3 is 0 Å². The number of hydrogen-bond donors (Lipinski definition) is 4. The molecule has 0 fully saturated rings. The molecule has 4 N–H and O–H groups in total. The predicted molar refractivity (Wildman–Crippen MR) is 73.8 cm³/mol. The van der Waals surface area contributed by atoms with Gasteiger partial charge in [0.25, 0.3) is 0 Å². The smallest absolute Gasteiger partial charge is 0.231 e. The van der Waals surface area contributed by atoms with E-state index in [2.05, 4.69) is 0 Å². The number of benzene rings is 1. The molecule has 7 nitrogen and oxygen atoms in total. The Morgan fingerprint density at radius 2 is 1.86 bits per heavy atom. The van der Waals surface area contributed by atoms with Crippen molar-refractivity contribution >= 4 is 0 Å². The quantitative estimate of drug-likeness (QED) is 0.423. The maximum Gasteiger partial charge on any atom is 0.231 e. The number of quaternary nitrogens is 1. The van der Waals surface area contributed by atoms with Gasteiger partial charge in [0.1, 0.15) is 38.1 Å². The number of hydrogen-bond acceptors (Lipinski definition) is 6. The normalized spacial score (nSPS) is 14.5. The van der Waals surface area contributed by atoms with Crippen LogP contribution in [0.15, 0.2) is 18.2 Å². The molecule has 0 aromatic heterocycles. The highest BCUT2D eigenvalue weighted by atomic mass is 16.7. The summed E-state index contributed by atoms with van der Waals surface area (Å²) in [7, 11) is 0. The van der Waals surface area contributed by atoms with Gasteiger partial charge in [-0.3, -0.25) is 0 Å². The lowest BCUT2D eigenvalue weighted by Crippen LogP contribution is -3.14. The molecule has 0 bridgehead atoms. The molecule has 2 rings (SSSR count). The van der Waals surface area contributed by atoms with Crippen molar-refractivity contribution in [2.45, 2.75) is 6.10 Å². The average molecular weight is 300 g/mol. The van der Waals surface area contributed by atoms with Crippen molar-refractivity contribution in [2.75, 3.05) is 46.2 Å². The van der Waals surface area contributed by atoms with E-state index in [1.807, 2.05) is 0 Å². The molecule has 1 aromatic rings. The summed E-state index contributed by atoms with van der Waals surface area (Å²) in [6, 6.07) is 5.24. The first-order valence-corrected chi connectivity index (χ1v) is 6.98. The molecule has 7 heteroatoms. The van der Waals surface area contributed by atoms with Crippen LogP contribution in [-0.2, 0) is 0 Å². The highest BCUT2D eigenvalue weighted by Crippen LogP contribution is 2.35. The topological polar surface area (TPSA) is 92.8 Å². The molecule has 0 spiro atoms. The van der Waals surface area contributed by atoms with E-state index in [0.717, 1.165) is 4.90 Å². The number of fused-ring (bicyclic) bond motifs is 1. The van der Waals surface area contributed by atoms with Crippen LogP contribution in [0, 0.1) is 0 Å². The maximum atomic E-state index is 9.96. The Hall–Kier alpha value is -1.54. The van der Waals surface area contributed by atoms with E-state index in [1.165, 1.54) is 0 Å². The van der Waals surface area contributed by atoms with Gasteiger partial charge in [-0.05, 0) is 12.1 Å². The van der Waals surface area contributed by atoms with Crippen LogP contribution in [0.4, 0.5) is 0 Å². The first kappa shape index (κ1) is 15.8. The Morgan fingerprint density at radius 3 is 2.57 bits per heavy atom. The maximum absolute atomic E-state index is 9.96. The highest BCUT2D eigenvalue weighted by Gasteiger charge is 2.17. The van der Waals surface area contributed by atoms with E-state index in [9.17, 15) is 5.11 Å². The van der Waals surface area contributed by atoms with Gasteiger partial charge in [0.2, 0.25) is 6.79 Å². The van der Waals surface area contributed by atoms with Gasteiger partial charge in [0, 0.05) is 6.07 Å². The summed E-state index contributed by atoms with van der Waals surface area (Å²) in [6.45, 7) is 1.77. The monoisotopic (exact) mass is 300 g/mol. The zero-order chi connectivity index (χ0) is 15.1. The van der Waals surface area contributed by atoms with Crippen molar-refractivity contribution in [3.05, 3.63) is 18.2 Å². The van der Waals surface area contributed by atoms with Gasteiger partial charge in [0.05, 0.1) is 13.2 Å². The van der Waals surface area contributed by atoms with Gasteiger partial charge in [-0.1, -0.05) is 0 Å². The first-order valence-electron chi connectivity index (χ1n) is 6.98. The van der Waals surface area contributed by atoms with Crippen molar-refractivity contribution in [1.82, 2.24) is 0 Å².